The predicted octanol–water partition coefficient (Wildman–Crippen LogP) is 3.04. The first-order valence-corrected chi connectivity index (χ1v) is 5.29. The van der Waals surface area contributed by atoms with Gasteiger partial charge in [0.15, 0.2) is 0 Å². The van der Waals surface area contributed by atoms with E-state index < -0.39 is 0 Å². The van der Waals surface area contributed by atoms with Crippen LogP contribution in [0.5, 0.6) is 0 Å². The molecule has 80 valence electrons. The standard InChI is InChI=1S/C13H18N2/c1-10(2)11(3)15(4)13-7-5-6-12(8-13)9-14/h5-8,10-11H,1-4H3. The molecule has 0 saturated carbocycles. The molecule has 0 heterocycles. The third-order valence-corrected chi connectivity index (χ3v) is 2.96. The van der Waals surface area contributed by atoms with Gasteiger partial charge in [-0.2, -0.15) is 5.26 Å². The summed E-state index contributed by atoms with van der Waals surface area (Å²) in [6.45, 7) is 6.61. The molecule has 1 aromatic rings. The van der Waals surface area contributed by atoms with Crippen LogP contribution in [0.15, 0.2) is 24.3 Å². The summed E-state index contributed by atoms with van der Waals surface area (Å²) < 4.78 is 0. The Labute approximate surface area is 92.1 Å². The van der Waals surface area contributed by atoms with Gasteiger partial charge < -0.3 is 4.90 Å². The van der Waals surface area contributed by atoms with E-state index in [1.807, 2.05) is 24.3 Å². The van der Waals surface area contributed by atoms with Crippen LogP contribution >= 0.6 is 0 Å². The van der Waals surface area contributed by atoms with Crippen molar-refractivity contribution in [2.24, 2.45) is 5.92 Å². The number of nitriles is 1. The van der Waals surface area contributed by atoms with Crippen molar-refractivity contribution < 1.29 is 0 Å². The first-order valence-electron chi connectivity index (χ1n) is 5.29. The van der Waals surface area contributed by atoms with Crippen LogP contribution in [0, 0.1) is 17.2 Å². The first-order chi connectivity index (χ1) is 7.06. The van der Waals surface area contributed by atoms with Crippen molar-refractivity contribution in [1.82, 2.24) is 0 Å². The molecule has 1 aromatic carbocycles. The summed E-state index contributed by atoms with van der Waals surface area (Å²) in [6, 6.07) is 10.4. The number of benzene rings is 1. The second-order valence-corrected chi connectivity index (χ2v) is 4.26. The topological polar surface area (TPSA) is 27.0 Å². The Morgan fingerprint density at radius 2 is 1.93 bits per heavy atom. The summed E-state index contributed by atoms with van der Waals surface area (Å²) in [5.41, 5.74) is 1.82. The lowest BCUT2D eigenvalue weighted by molar-refractivity contribution is 0.505. The zero-order valence-electron chi connectivity index (χ0n) is 9.86. The number of rotatable bonds is 3. The number of hydrogen-bond acceptors (Lipinski definition) is 2. The van der Waals surface area contributed by atoms with Crippen molar-refractivity contribution in [3.05, 3.63) is 29.8 Å². The van der Waals surface area contributed by atoms with E-state index in [-0.39, 0.29) is 0 Å². The molecule has 0 fully saturated rings. The Hall–Kier alpha value is -1.49. The highest BCUT2D eigenvalue weighted by Gasteiger charge is 2.13. The molecule has 0 radical (unpaired) electrons. The molecule has 2 nitrogen and oxygen atoms in total. The van der Waals surface area contributed by atoms with Gasteiger partial charge >= 0.3 is 0 Å². The van der Waals surface area contributed by atoms with Crippen molar-refractivity contribution in [3.8, 4) is 6.07 Å². The molecule has 1 atom stereocenters. The summed E-state index contributed by atoms with van der Waals surface area (Å²) in [5, 5.41) is 8.82. The second-order valence-electron chi connectivity index (χ2n) is 4.26. The molecule has 0 aliphatic rings. The fourth-order valence-corrected chi connectivity index (χ4v) is 1.48. The van der Waals surface area contributed by atoms with Crippen LogP contribution in [-0.4, -0.2) is 13.1 Å². The number of anilines is 1. The minimum atomic E-state index is 0.471. The first kappa shape index (κ1) is 11.6. The maximum absolute atomic E-state index is 8.82. The third kappa shape index (κ3) is 2.73. The summed E-state index contributed by atoms with van der Waals surface area (Å²) in [6.07, 6.45) is 0. The third-order valence-electron chi connectivity index (χ3n) is 2.96. The van der Waals surface area contributed by atoms with E-state index >= 15 is 0 Å². The molecule has 0 aromatic heterocycles. The molecule has 0 aliphatic heterocycles. The summed E-state index contributed by atoms with van der Waals surface area (Å²) >= 11 is 0. The molecule has 0 bridgehead atoms. The van der Waals surface area contributed by atoms with Crippen LogP contribution in [0.1, 0.15) is 26.3 Å². The van der Waals surface area contributed by atoms with Crippen molar-refractivity contribution >= 4 is 5.69 Å². The van der Waals surface area contributed by atoms with Crippen LogP contribution in [0.3, 0.4) is 0 Å². The minimum absolute atomic E-state index is 0.471. The van der Waals surface area contributed by atoms with Gasteiger partial charge in [0.25, 0.3) is 0 Å². The normalized spacial score (nSPS) is 12.3. The summed E-state index contributed by atoms with van der Waals surface area (Å²) in [4.78, 5) is 2.21. The van der Waals surface area contributed by atoms with E-state index in [9.17, 15) is 0 Å². The van der Waals surface area contributed by atoms with E-state index in [2.05, 4.69) is 38.8 Å². The van der Waals surface area contributed by atoms with Gasteiger partial charge in [0.2, 0.25) is 0 Å². The van der Waals surface area contributed by atoms with Crippen LogP contribution in [-0.2, 0) is 0 Å². The lowest BCUT2D eigenvalue weighted by Crippen LogP contribution is -2.33. The van der Waals surface area contributed by atoms with Crippen molar-refractivity contribution in [1.29, 1.82) is 5.26 Å². The van der Waals surface area contributed by atoms with Gasteiger partial charge in [-0.1, -0.05) is 19.9 Å². The minimum Gasteiger partial charge on any atom is -0.372 e. The lowest BCUT2D eigenvalue weighted by Gasteiger charge is -2.30. The Morgan fingerprint density at radius 3 is 2.47 bits per heavy atom. The summed E-state index contributed by atoms with van der Waals surface area (Å²) in [5.74, 6) is 0.598. The van der Waals surface area contributed by atoms with Gasteiger partial charge in [0, 0.05) is 18.8 Å². The molecule has 0 N–H and O–H groups in total. The molecule has 0 amide bonds. The molecule has 0 spiro atoms. The van der Waals surface area contributed by atoms with Crippen LogP contribution in [0.25, 0.3) is 0 Å². The van der Waals surface area contributed by atoms with E-state index in [1.54, 1.807) is 0 Å². The zero-order chi connectivity index (χ0) is 11.4. The highest BCUT2D eigenvalue weighted by Crippen LogP contribution is 2.19. The predicted molar refractivity (Wildman–Crippen MR) is 63.9 cm³/mol. The zero-order valence-corrected chi connectivity index (χ0v) is 9.86. The molecular formula is C13H18N2. The van der Waals surface area contributed by atoms with E-state index in [0.717, 1.165) is 11.3 Å². The molecule has 1 rings (SSSR count). The fourth-order valence-electron chi connectivity index (χ4n) is 1.48. The highest BCUT2D eigenvalue weighted by molar-refractivity contribution is 5.51. The molecule has 2 heteroatoms. The Balaban J connectivity index is 2.91. The maximum Gasteiger partial charge on any atom is 0.0992 e. The Morgan fingerprint density at radius 1 is 1.27 bits per heavy atom. The van der Waals surface area contributed by atoms with Gasteiger partial charge in [0.1, 0.15) is 0 Å². The average Bonchev–Trinajstić information content (AvgIpc) is 2.27. The summed E-state index contributed by atoms with van der Waals surface area (Å²) in [7, 11) is 2.07. The van der Waals surface area contributed by atoms with E-state index in [0.29, 0.717) is 12.0 Å². The molecule has 0 saturated heterocycles. The molecule has 0 aliphatic carbocycles. The quantitative estimate of drug-likeness (QED) is 0.753. The van der Waals surface area contributed by atoms with Crippen LogP contribution in [0.4, 0.5) is 5.69 Å². The average molecular weight is 202 g/mol. The molecular weight excluding hydrogens is 184 g/mol. The monoisotopic (exact) mass is 202 g/mol. The Bertz CT molecular complexity index is 363. The molecule has 1 unspecified atom stereocenters. The van der Waals surface area contributed by atoms with Crippen molar-refractivity contribution in [2.75, 3.05) is 11.9 Å². The van der Waals surface area contributed by atoms with Gasteiger partial charge in [0.05, 0.1) is 11.6 Å². The van der Waals surface area contributed by atoms with Gasteiger partial charge in [-0.25, -0.2) is 0 Å². The van der Waals surface area contributed by atoms with Crippen molar-refractivity contribution in [2.45, 2.75) is 26.8 Å². The van der Waals surface area contributed by atoms with Gasteiger partial charge in [-0.05, 0) is 31.0 Å². The van der Waals surface area contributed by atoms with Gasteiger partial charge in [-0.15, -0.1) is 0 Å². The molecule has 15 heavy (non-hydrogen) atoms. The number of hydrogen-bond donors (Lipinski definition) is 0. The SMILES string of the molecule is CC(C)C(C)N(C)c1cccc(C#N)c1. The van der Waals surface area contributed by atoms with Crippen LogP contribution in [0.2, 0.25) is 0 Å². The highest BCUT2D eigenvalue weighted by atomic mass is 15.1. The van der Waals surface area contributed by atoms with Gasteiger partial charge in [-0.3, -0.25) is 0 Å². The fraction of sp³-hybridized carbons (Fsp3) is 0.462. The number of nitrogens with zero attached hydrogens (tertiary/aromatic N) is 2. The lowest BCUT2D eigenvalue weighted by atomic mass is 10.0. The Kier molecular flexibility index (Phi) is 3.74. The van der Waals surface area contributed by atoms with Crippen LogP contribution < -0.4 is 4.90 Å². The van der Waals surface area contributed by atoms with E-state index in [1.165, 1.54) is 0 Å². The maximum atomic E-state index is 8.82. The van der Waals surface area contributed by atoms with E-state index in [4.69, 9.17) is 5.26 Å². The smallest absolute Gasteiger partial charge is 0.0992 e. The van der Waals surface area contributed by atoms with Crippen molar-refractivity contribution in [3.63, 3.8) is 0 Å². The largest absolute Gasteiger partial charge is 0.372 e. The second kappa shape index (κ2) is 4.84.